The normalized spacial score (nSPS) is 11.3. The molecule has 7 heteroatoms. The van der Waals surface area contributed by atoms with Crippen LogP contribution in [-0.2, 0) is 13.0 Å². The van der Waals surface area contributed by atoms with Gasteiger partial charge in [0.05, 0.1) is 25.6 Å². The first kappa shape index (κ1) is 23.2. The molecule has 3 rings (SSSR count). The summed E-state index contributed by atoms with van der Waals surface area (Å²) in [6.45, 7) is 5.55. The van der Waals surface area contributed by atoms with Gasteiger partial charge in [-0.1, -0.05) is 24.3 Å². The summed E-state index contributed by atoms with van der Waals surface area (Å²) in [7, 11) is 5.10. The van der Waals surface area contributed by atoms with Crippen LogP contribution >= 0.6 is 0 Å². The molecule has 0 saturated heterocycles. The first-order chi connectivity index (χ1) is 15.5. The van der Waals surface area contributed by atoms with Crippen LogP contribution in [0.15, 0.2) is 53.5 Å². The van der Waals surface area contributed by atoms with Gasteiger partial charge in [0, 0.05) is 25.8 Å². The zero-order chi connectivity index (χ0) is 22.9. The average Bonchev–Trinajstić information content (AvgIpc) is 3.16. The highest BCUT2D eigenvalue weighted by Crippen LogP contribution is 2.27. The predicted molar refractivity (Wildman–Crippen MR) is 129 cm³/mol. The third-order valence-corrected chi connectivity index (χ3v) is 5.28. The van der Waals surface area contributed by atoms with Crippen molar-refractivity contribution in [2.75, 3.05) is 27.8 Å². The van der Waals surface area contributed by atoms with E-state index < -0.39 is 0 Å². The predicted octanol–water partition coefficient (Wildman–Crippen LogP) is 3.80. The number of rotatable bonds is 9. The van der Waals surface area contributed by atoms with Crippen molar-refractivity contribution in [2.24, 2.45) is 4.99 Å². The zero-order valence-corrected chi connectivity index (χ0v) is 19.6. The maximum atomic E-state index is 5.39. The lowest BCUT2D eigenvalue weighted by molar-refractivity contribution is 0.354. The summed E-state index contributed by atoms with van der Waals surface area (Å²) in [6, 6.07) is 16.4. The molecule has 2 aromatic carbocycles. The van der Waals surface area contributed by atoms with Crippen molar-refractivity contribution in [3.8, 4) is 17.2 Å². The second-order valence-corrected chi connectivity index (χ2v) is 7.61. The van der Waals surface area contributed by atoms with Gasteiger partial charge in [-0.3, -0.25) is 4.99 Å². The molecule has 170 valence electrons. The van der Waals surface area contributed by atoms with Gasteiger partial charge < -0.3 is 20.1 Å². The van der Waals surface area contributed by atoms with E-state index in [2.05, 4.69) is 51.9 Å². The van der Waals surface area contributed by atoms with E-state index in [4.69, 9.17) is 9.47 Å². The van der Waals surface area contributed by atoms with E-state index in [-0.39, 0.29) is 0 Å². The highest BCUT2D eigenvalue weighted by molar-refractivity contribution is 5.79. The molecular weight excluding hydrogens is 402 g/mol. The van der Waals surface area contributed by atoms with Crippen LogP contribution in [0.4, 0.5) is 0 Å². The van der Waals surface area contributed by atoms with Crippen LogP contribution in [0.5, 0.6) is 11.5 Å². The maximum absolute atomic E-state index is 5.39. The van der Waals surface area contributed by atoms with Gasteiger partial charge in [-0.15, -0.1) is 0 Å². The molecule has 0 aliphatic heterocycles. The molecule has 0 radical (unpaired) electrons. The second kappa shape index (κ2) is 11.2. The number of ether oxygens (including phenoxy) is 2. The van der Waals surface area contributed by atoms with E-state index in [1.807, 2.05) is 35.9 Å². The van der Waals surface area contributed by atoms with Gasteiger partial charge >= 0.3 is 0 Å². The fourth-order valence-electron chi connectivity index (χ4n) is 3.67. The summed E-state index contributed by atoms with van der Waals surface area (Å²) < 4.78 is 12.7. The van der Waals surface area contributed by atoms with Crippen LogP contribution in [0.25, 0.3) is 5.69 Å². The number of nitrogens with one attached hydrogen (secondary N) is 2. The molecule has 0 aliphatic rings. The van der Waals surface area contributed by atoms with E-state index in [1.54, 1.807) is 21.3 Å². The Hall–Kier alpha value is -3.48. The zero-order valence-electron chi connectivity index (χ0n) is 19.6. The number of aryl methyl sites for hydroxylation is 3. The Kier molecular flexibility index (Phi) is 8.14. The summed E-state index contributed by atoms with van der Waals surface area (Å²) in [5.74, 6) is 2.29. The van der Waals surface area contributed by atoms with E-state index >= 15 is 0 Å². The molecule has 1 aromatic heterocycles. The van der Waals surface area contributed by atoms with Crippen molar-refractivity contribution in [2.45, 2.75) is 33.2 Å². The summed E-state index contributed by atoms with van der Waals surface area (Å²) in [5.41, 5.74) is 5.58. The Morgan fingerprint density at radius 2 is 1.78 bits per heavy atom. The van der Waals surface area contributed by atoms with Gasteiger partial charge in [0.15, 0.2) is 17.5 Å². The first-order valence-electron chi connectivity index (χ1n) is 10.8. The van der Waals surface area contributed by atoms with Gasteiger partial charge in [0.2, 0.25) is 0 Å². The van der Waals surface area contributed by atoms with Gasteiger partial charge in [-0.05, 0) is 62.1 Å². The summed E-state index contributed by atoms with van der Waals surface area (Å²) in [6.07, 6.45) is 1.91. The molecule has 2 N–H and O–H groups in total. The number of aromatic nitrogens is 2. The molecule has 0 aliphatic carbocycles. The lowest BCUT2D eigenvalue weighted by atomic mass is 10.1. The molecule has 7 nitrogen and oxygen atoms in total. The molecule has 0 spiro atoms. The van der Waals surface area contributed by atoms with Crippen LogP contribution in [0.3, 0.4) is 0 Å². The van der Waals surface area contributed by atoms with Crippen molar-refractivity contribution in [1.82, 2.24) is 20.4 Å². The molecule has 0 fully saturated rings. The van der Waals surface area contributed by atoms with Crippen LogP contribution in [0.2, 0.25) is 0 Å². The minimum absolute atomic E-state index is 0.657. The van der Waals surface area contributed by atoms with Crippen molar-refractivity contribution < 1.29 is 9.47 Å². The molecule has 0 saturated carbocycles. The van der Waals surface area contributed by atoms with E-state index in [1.165, 1.54) is 5.56 Å². The number of hydrogen-bond acceptors (Lipinski definition) is 4. The number of para-hydroxylation sites is 1. The topological polar surface area (TPSA) is 72.7 Å². The lowest BCUT2D eigenvalue weighted by Crippen LogP contribution is -2.37. The van der Waals surface area contributed by atoms with Crippen molar-refractivity contribution >= 4 is 5.96 Å². The molecular formula is C25H33N5O2. The fraction of sp³-hybridized carbons (Fsp3) is 0.360. The number of guanidine groups is 1. The van der Waals surface area contributed by atoms with Crippen molar-refractivity contribution in [3.05, 3.63) is 71.0 Å². The summed E-state index contributed by atoms with van der Waals surface area (Å²) in [4.78, 5) is 4.36. The van der Waals surface area contributed by atoms with Crippen LogP contribution in [0.1, 0.15) is 28.9 Å². The number of hydrogen-bond donors (Lipinski definition) is 2. The number of benzene rings is 2. The molecule has 0 atom stereocenters. The molecule has 3 aromatic rings. The molecule has 0 unspecified atom stereocenters. The van der Waals surface area contributed by atoms with Gasteiger partial charge in [0.25, 0.3) is 0 Å². The largest absolute Gasteiger partial charge is 0.493 e. The number of nitrogens with zero attached hydrogens (tertiary/aromatic N) is 3. The van der Waals surface area contributed by atoms with Crippen LogP contribution in [0, 0.1) is 13.8 Å². The van der Waals surface area contributed by atoms with E-state index in [9.17, 15) is 0 Å². The molecule has 32 heavy (non-hydrogen) atoms. The first-order valence-corrected chi connectivity index (χ1v) is 10.8. The lowest BCUT2D eigenvalue weighted by Gasteiger charge is -2.15. The monoisotopic (exact) mass is 435 g/mol. The smallest absolute Gasteiger partial charge is 0.191 e. The van der Waals surface area contributed by atoms with Crippen LogP contribution in [-0.4, -0.2) is 43.6 Å². The van der Waals surface area contributed by atoms with Gasteiger partial charge in [0.1, 0.15) is 0 Å². The van der Waals surface area contributed by atoms with Gasteiger partial charge in [-0.25, -0.2) is 4.68 Å². The Labute approximate surface area is 190 Å². The van der Waals surface area contributed by atoms with E-state index in [0.29, 0.717) is 6.54 Å². The molecule has 0 amide bonds. The fourth-order valence-corrected chi connectivity index (χ4v) is 3.67. The average molecular weight is 436 g/mol. The standard InChI is InChI=1S/C25H33N5O2/c1-18-15-19(2)30(29-18)22-11-7-6-10-21(22)17-28-25(26-3)27-14-8-9-20-12-13-23(31-4)24(16-20)32-5/h6-7,10-13,15-16H,8-9,14,17H2,1-5H3,(H2,26,27,28). The minimum Gasteiger partial charge on any atom is -0.493 e. The second-order valence-electron chi connectivity index (χ2n) is 7.61. The van der Waals surface area contributed by atoms with Crippen molar-refractivity contribution in [1.29, 1.82) is 0 Å². The molecule has 1 heterocycles. The van der Waals surface area contributed by atoms with E-state index in [0.717, 1.165) is 59.5 Å². The summed E-state index contributed by atoms with van der Waals surface area (Å²) >= 11 is 0. The highest BCUT2D eigenvalue weighted by Gasteiger charge is 2.09. The number of methoxy groups -OCH3 is 2. The Morgan fingerprint density at radius 1 is 1.00 bits per heavy atom. The highest BCUT2D eigenvalue weighted by atomic mass is 16.5. The van der Waals surface area contributed by atoms with Crippen molar-refractivity contribution in [3.63, 3.8) is 0 Å². The maximum Gasteiger partial charge on any atom is 0.191 e. The Bertz CT molecular complexity index is 1060. The third kappa shape index (κ3) is 5.81. The minimum atomic E-state index is 0.657. The SMILES string of the molecule is CN=C(NCCCc1ccc(OC)c(OC)c1)NCc1ccccc1-n1nc(C)cc1C. The summed E-state index contributed by atoms with van der Waals surface area (Å²) in [5, 5.41) is 11.4. The Morgan fingerprint density at radius 3 is 2.47 bits per heavy atom. The number of aliphatic imine (C=N–C) groups is 1. The quantitative estimate of drug-likeness (QED) is 0.304. The van der Waals surface area contributed by atoms with Gasteiger partial charge in [-0.2, -0.15) is 5.10 Å². The van der Waals surface area contributed by atoms with Crippen LogP contribution < -0.4 is 20.1 Å². The Balaban J connectivity index is 1.53. The molecule has 0 bridgehead atoms. The third-order valence-electron chi connectivity index (χ3n) is 5.28.